The van der Waals surface area contributed by atoms with Crippen molar-refractivity contribution in [3.05, 3.63) is 28.7 Å². The standard InChI is InChI=1S/C11H14BrN3S/c12-9-3-1-2-4-10(9)14-11(16)15-7-5-13-6-8-15/h1-4,13H,5-8H2,(H,14,16). The number of piperazine rings is 1. The highest BCUT2D eigenvalue weighted by Gasteiger charge is 2.13. The molecule has 2 N–H and O–H groups in total. The van der Waals surface area contributed by atoms with Crippen molar-refractivity contribution in [1.29, 1.82) is 0 Å². The van der Waals surface area contributed by atoms with Crippen LogP contribution in [0.5, 0.6) is 0 Å². The van der Waals surface area contributed by atoms with E-state index in [0.29, 0.717) is 0 Å². The van der Waals surface area contributed by atoms with Crippen LogP contribution >= 0.6 is 28.1 Å². The summed E-state index contributed by atoms with van der Waals surface area (Å²) in [6.07, 6.45) is 0. The van der Waals surface area contributed by atoms with Gasteiger partial charge < -0.3 is 15.5 Å². The average molecular weight is 300 g/mol. The zero-order chi connectivity index (χ0) is 11.4. The number of nitrogens with one attached hydrogen (secondary N) is 2. The molecule has 2 rings (SSSR count). The van der Waals surface area contributed by atoms with E-state index in [1.165, 1.54) is 0 Å². The smallest absolute Gasteiger partial charge is 0.173 e. The second-order valence-corrected chi connectivity index (χ2v) is 4.89. The average Bonchev–Trinajstić information content (AvgIpc) is 2.33. The number of hydrogen-bond donors (Lipinski definition) is 2. The summed E-state index contributed by atoms with van der Waals surface area (Å²) in [6.45, 7) is 3.93. The number of para-hydroxylation sites is 1. The molecule has 1 saturated heterocycles. The maximum Gasteiger partial charge on any atom is 0.173 e. The summed E-state index contributed by atoms with van der Waals surface area (Å²) >= 11 is 8.88. The first-order chi connectivity index (χ1) is 7.77. The van der Waals surface area contributed by atoms with Crippen molar-refractivity contribution in [3.63, 3.8) is 0 Å². The van der Waals surface area contributed by atoms with E-state index in [1.54, 1.807) is 0 Å². The molecule has 0 aromatic heterocycles. The summed E-state index contributed by atoms with van der Waals surface area (Å²) < 4.78 is 1.03. The summed E-state index contributed by atoms with van der Waals surface area (Å²) in [6, 6.07) is 8.00. The van der Waals surface area contributed by atoms with Gasteiger partial charge >= 0.3 is 0 Å². The van der Waals surface area contributed by atoms with Gasteiger partial charge in [0.15, 0.2) is 5.11 Å². The first kappa shape index (κ1) is 11.8. The number of benzene rings is 1. The van der Waals surface area contributed by atoms with Crippen molar-refractivity contribution in [1.82, 2.24) is 10.2 Å². The van der Waals surface area contributed by atoms with Crippen LogP contribution in [0.25, 0.3) is 0 Å². The van der Waals surface area contributed by atoms with E-state index >= 15 is 0 Å². The van der Waals surface area contributed by atoms with Crippen LogP contribution in [0.4, 0.5) is 5.69 Å². The third-order valence-corrected chi connectivity index (χ3v) is 3.57. The fraction of sp³-hybridized carbons (Fsp3) is 0.364. The molecule has 0 aliphatic carbocycles. The van der Waals surface area contributed by atoms with E-state index in [4.69, 9.17) is 12.2 Å². The van der Waals surface area contributed by atoms with Crippen LogP contribution in [0.15, 0.2) is 28.7 Å². The maximum absolute atomic E-state index is 5.38. The third kappa shape index (κ3) is 2.93. The van der Waals surface area contributed by atoms with Crippen molar-refractivity contribution >= 4 is 38.9 Å². The lowest BCUT2D eigenvalue weighted by Gasteiger charge is -2.30. The number of hydrogen-bond acceptors (Lipinski definition) is 2. The van der Waals surface area contributed by atoms with Crippen molar-refractivity contribution in [2.24, 2.45) is 0 Å². The van der Waals surface area contributed by atoms with Crippen LogP contribution in [0, 0.1) is 0 Å². The SMILES string of the molecule is S=C(Nc1ccccc1Br)N1CCNCC1. The van der Waals surface area contributed by atoms with Crippen LogP contribution in [-0.4, -0.2) is 36.2 Å². The molecular formula is C11H14BrN3S. The van der Waals surface area contributed by atoms with E-state index in [9.17, 15) is 0 Å². The Kier molecular flexibility index (Phi) is 4.15. The fourth-order valence-corrected chi connectivity index (χ4v) is 2.30. The molecular weight excluding hydrogens is 286 g/mol. The van der Waals surface area contributed by atoms with Gasteiger partial charge in [0.25, 0.3) is 0 Å². The highest BCUT2D eigenvalue weighted by Crippen LogP contribution is 2.21. The molecule has 0 saturated carbocycles. The van der Waals surface area contributed by atoms with Gasteiger partial charge in [-0.05, 0) is 40.3 Å². The number of halogens is 1. The highest BCUT2D eigenvalue weighted by molar-refractivity contribution is 9.10. The van der Waals surface area contributed by atoms with Crippen molar-refractivity contribution in [2.45, 2.75) is 0 Å². The Morgan fingerprint density at radius 1 is 1.31 bits per heavy atom. The summed E-state index contributed by atoms with van der Waals surface area (Å²) in [5.41, 5.74) is 1.02. The summed E-state index contributed by atoms with van der Waals surface area (Å²) in [7, 11) is 0. The lowest BCUT2D eigenvalue weighted by atomic mass is 10.3. The van der Waals surface area contributed by atoms with Crippen LogP contribution in [0.1, 0.15) is 0 Å². The topological polar surface area (TPSA) is 27.3 Å². The van der Waals surface area contributed by atoms with Crippen molar-refractivity contribution in [2.75, 3.05) is 31.5 Å². The van der Waals surface area contributed by atoms with Gasteiger partial charge in [-0.1, -0.05) is 12.1 Å². The monoisotopic (exact) mass is 299 g/mol. The van der Waals surface area contributed by atoms with E-state index in [1.807, 2.05) is 24.3 Å². The fourth-order valence-electron chi connectivity index (χ4n) is 1.62. The Balaban J connectivity index is 1.99. The zero-order valence-electron chi connectivity index (χ0n) is 8.87. The normalized spacial score (nSPS) is 15.9. The van der Waals surface area contributed by atoms with Crippen LogP contribution in [0.2, 0.25) is 0 Å². The predicted octanol–water partition coefficient (Wildman–Crippen LogP) is 2.05. The number of rotatable bonds is 1. The van der Waals surface area contributed by atoms with E-state index in [2.05, 4.69) is 31.5 Å². The quantitative estimate of drug-likeness (QED) is 0.776. The highest BCUT2D eigenvalue weighted by atomic mass is 79.9. The van der Waals surface area contributed by atoms with Gasteiger partial charge in [-0.3, -0.25) is 0 Å². The van der Waals surface area contributed by atoms with Gasteiger partial charge in [0, 0.05) is 30.7 Å². The van der Waals surface area contributed by atoms with Gasteiger partial charge in [-0.25, -0.2) is 0 Å². The zero-order valence-corrected chi connectivity index (χ0v) is 11.3. The third-order valence-electron chi connectivity index (χ3n) is 2.52. The first-order valence-electron chi connectivity index (χ1n) is 5.28. The molecule has 0 unspecified atom stereocenters. The molecule has 0 radical (unpaired) electrons. The van der Waals surface area contributed by atoms with Gasteiger partial charge in [0.05, 0.1) is 5.69 Å². The Labute approximate surface area is 109 Å². The van der Waals surface area contributed by atoms with Gasteiger partial charge in [-0.15, -0.1) is 0 Å². The lowest BCUT2D eigenvalue weighted by Crippen LogP contribution is -2.47. The molecule has 1 fully saturated rings. The molecule has 1 aromatic carbocycles. The van der Waals surface area contributed by atoms with E-state index in [0.717, 1.165) is 41.5 Å². The summed E-state index contributed by atoms with van der Waals surface area (Å²) in [5.74, 6) is 0. The minimum Gasteiger partial charge on any atom is -0.346 e. The second kappa shape index (κ2) is 5.61. The molecule has 0 atom stereocenters. The molecule has 1 aliphatic rings. The largest absolute Gasteiger partial charge is 0.346 e. The van der Waals surface area contributed by atoms with Crippen LogP contribution < -0.4 is 10.6 Å². The first-order valence-corrected chi connectivity index (χ1v) is 6.48. The van der Waals surface area contributed by atoms with Gasteiger partial charge in [0.2, 0.25) is 0 Å². The van der Waals surface area contributed by atoms with Crippen molar-refractivity contribution in [3.8, 4) is 0 Å². The Bertz CT molecular complexity index is 377. The molecule has 86 valence electrons. The Hall–Kier alpha value is -0.650. The number of nitrogens with zero attached hydrogens (tertiary/aromatic N) is 1. The molecule has 1 heterocycles. The lowest BCUT2D eigenvalue weighted by molar-refractivity contribution is 0.362. The van der Waals surface area contributed by atoms with Gasteiger partial charge in [0.1, 0.15) is 0 Å². The maximum atomic E-state index is 5.38. The number of anilines is 1. The number of thiocarbonyl (C=S) groups is 1. The minimum absolute atomic E-state index is 0.799. The Morgan fingerprint density at radius 2 is 2.00 bits per heavy atom. The van der Waals surface area contributed by atoms with E-state index < -0.39 is 0 Å². The van der Waals surface area contributed by atoms with Gasteiger partial charge in [-0.2, -0.15) is 0 Å². The molecule has 1 aromatic rings. The predicted molar refractivity (Wildman–Crippen MR) is 74.8 cm³/mol. The van der Waals surface area contributed by atoms with Crippen LogP contribution in [-0.2, 0) is 0 Å². The summed E-state index contributed by atoms with van der Waals surface area (Å²) in [4.78, 5) is 2.19. The molecule has 0 bridgehead atoms. The molecule has 1 aliphatic heterocycles. The van der Waals surface area contributed by atoms with E-state index in [-0.39, 0.29) is 0 Å². The minimum atomic E-state index is 0.799. The van der Waals surface area contributed by atoms with Crippen LogP contribution in [0.3, 0.4) is 0 Å². The molecule has 16 heavy (non-hydrogen) atoms. The summed E-state index contributed by atoms with van der Waals surface area (Å²) in [5, 5.41) is 7.37. The molecule has 3 nitrogen and oxygen atoms in total. The molecule has 5 heteroatoms. The molecule has 0 spiro atoms. The second-order valence-electron chi connectivity index (χ2n) is 3.65. The molecule has 0 amide bonds. The Morgan fingerprint density at radius 3 is 2.69 bits per heavy atom. The van der Waals surface area contributed by atoms with Crippen molar-refractivity contribution < 1.29 is 0 Å².